The fraction of sp³-hybridized carbons (Fsp3) is 0.455. The van der Waals surface area contributed by atoms with Crippen LogP contribution in [0.1, 0.15) is 20.3 Å². The average Bonchev–Trinajstić information content (AvgIpc) is 2.31. The van der Waals surface area contributed by atoms with Crippen molar-refractivity contribution < 1.29 is 4.79 Å². The van der Waals surface area contributed by atoms with Crippen LogP contribution in [0.4, 0.5) is 5.69 Å². The minimum atomic E-state index is -0.542. The Bertz CT molecular complexity index is 360. The molecule has 1 aromatic rings. The van der Waals surface area contributed by atoms with Gasteiger partial charge in [-0.15, -0.1) is 0 Å². The number of aromatic nitrogens is 1. The first kappa shape index (κ1) is 12.9. The standard InChI is InChI=1S/C11H16ClN3O/c1-3-11(2,7-13)10(16)15-8-4-5-9(12)14-6-8/h4-6H,3,7,13H2,1-2H3,(H,15,16). The number of hydrogen-bond acceptors (Lipinski definition) is 3. The van der Waals surface area contributed by atoms with Gasteiger partial charge in [0.25, 0.3) is 0 Å². The van der Waals surface area contributed by atoms with Crippen LogP contribution in [0.5, 0.6) is 0 Å². The van der Waals surface area contributed by atoms with Gasteiger partial charge in [-0.05, 0) is 25.5 Å². The van der Waals surface area contributed by atoms with Crippen LogP contribution < -0.4 is 11.1 Å². The lowest BCUT2D eigenvalue weighted by Gasteiger charge is -2.24. The predicted octanol–water partition coefficient (Wildman–Crippen LogP) is 2.05. The van der Waals surface area contributed by atoms with E-state index in [4.69, 9.17) is 17.3 Å². The zero-order chi connectivity index (χ0) is 12.2. The third-order valence-corrected chi connectivity index (χ3v) is 2.99. The Morgan fingerprint density at radius 2 is 2.31 bits per heavy atom. The number of anilines is 1. The zero-order valence-electron chi connectivity index (χ0n) is 9.46. The molecule has 0 spiro atoms. The highest BCUT2D eigenvalue weighted by Crippen LogP contribution is 2.22. The Hall–Kier alpha value is -1.13. The van der Waals surface area contributed by atoms with Crippen LogP contribution in [0, 0.1) is 5.41 Å². The van der Waals surface area contributed by atoms with E-state index in [1.165, 1.54) is 6.20 Å². The molecule has 5 heteroatoms. The SMILES string of the molecule is CCC(C)(CN)C(=O)Nc1ccc(Cl)nc1. The molecule has 0 aliphatic rings. The Morgan fingerprint density at radius 3 is 2.75 bits per heavy atom. The van der Waals surface area contributed by atoms with Crippen molar-refractivity contribution >= 4 is 23.2 Å². The Kier molecular flexibility index (Phi) is 4.26. The number of carbonyl (C=O) groups is 1. The maximum absolute atomic E-state index is 11.9. The lowest BCUT2D eigenvalue weighted by molar-refractivity contribution is -0.124. The van der Waals surface area contributed by atoms with Crippen molar-refractivity contribution in [3.05, 3.63) is 23.5 Å². The van der Waals surface area contributed by atoms with Crippen molar-refractivity contribution in [2.75, 3.05) is 11.9 Å². The molecule has 0 radical (unpaired) electrons. The number of nitrogens with zero attached hydrogens (tertiary/aromatic N) is 1. The number of nitrogens with two attached hydrogens (primary N) is 1. The molecule has 0 aromatic carbocycles. The van der Waals surface area contributed by atoms with Gasteiger partial charge >= 0.3 is 0 Å². The van der Waals surface area contributed by atoms with E-state index in [0.29, 0.717) is 23.8 Å². The molecule has 0 saturated carbocycles. The number of pyridine rings is 1. The first-order chi connectivity index (χ1) is 7.51. The van der Waals surface area contributed by atoms with Gasteiger partial charge in [0.05, 0.1) is 17.3 Å². The molecule has 0 aliphatic heterocycles. The van der Waals surface area contributed by atoms with Crippen molar-refractivity contribution in [2.45, 2.75) is 20.3 Å². The monoisotopic (exact) mass is 241 g/mol. The van der Waals surface area contributed by atoms with Gasteiger partial charge < -0.3 is 11.1 Å². The van der Waals surface area contributed by atoms with Crippen molar-refractivity contribution in [1.82, 2.24) is 4.98 Å². The summed E-state index contributed by atoms with van der Waals surface area (Å²) in [5.74, 6) is -0.0957. The van der Waals surface area contributed by atoms with E-state index >= 15 is 0 Å². The molecular weight excluding hydrogens is 226 g/mol. The summed E-state index contributed by atoms with van der Waals surface area (Å²) >= 11 is 5.65. The molecule has 0 fully saturated rings. The Balaban J connectivity index is 2.74. The number of carbonyl (C=O) groups excluding carboxylic acids is 1. The van der Waals surface area contributed by atoms with Gasteiger partial charge in [-0.25, -0.2) is 4.98 Å². The molecule has 1 unspecified atom stereocenters. The van der Waals surface area contributed by atoms with Crippen LogP contribution in [0.3, 0.4) is 0 Å². The molecule has 0 saturated heterocycles. The summed E-state index contributed by atoms with van der Waals surface area (Å²) in [4.78, 5) is 15.8. The molecule has 88 valence electrons. The molecule has 1 amide bonds. The van der Waals surface area contributed by atoms with E-state index in [1.54, 1.807) is 12.1 Å². The van der Waals surface area contributed by atoms with Crippen LogP contribution in [-0.2, 0) is 4.79 Å². The minimum Gasteiger partial charge on any atom is -0.329 e. The highest BCUT2D eigenvalue weighted by Gasteiger charge is 2.29. The molecule has 16 heavy (non-hydrogen) atoms. The van der Waals surface area contributed by atoms with E-state index in [1.807, 2.05) is 13.8 Å². The fourth-order valence-corrected chi connectivity index (χ4v) is 1.24. The lowest BCUT2D eigenvalue weighted by atomic mass is 9.86. The van der Waals surface area contributed by atoms with Gasteiger partial charge in [-0.2, -0.15) is 0 Å². The average molecular weight is 242 g/mol. The van der Waals surface area contributed by atoms with E-state index < -0.39 is 5.41 Å². The molecule has 1 rings (SSSR count). The number of hydrogen-bond donors (Lipinski definition) is 2. The zero-order valence-corrected chi connectivity index (χ0v) is 10.2. The van der Waals surface area contributed by atoms with E-state index in [0.717, 1.165) is 0 Å². The fourth-order valence-electron chi connectivity index (χ4n) is 1.13. The summed E-state index contributed by atoms with van der Waals surface area (Å²) in [6.07, 6.45) is 2.21. The summed E-state index contributed by atoms with van der Waals surface area (Å²) in [7, 11) is 0. The molecular formula is C11H16ClN3O. The second-order valence-electron chi connectivity index (χ2n) is 3.94. The quantitative estimate of drug-likeness (QED) is 0.793. The van der Waals surface area contributed by atoms with Gasteiger partial charge in [0.1, 0.15) is 5.15 Å². The third-order valence-electron chi connectivity index (χ3n) is 2.76. The normalized spacial score (nSPS) is 14.2. The molecule has 1 heterocycles. The van der Waals surface area contributed by atoms with E-state index in [9.17, 15) is 4.79 Å². The van der Waals surface area contributed by atoms with Crippen molar-refractivity contribution in [2.24, 2.45) is 11.1 Å². The number of amides is 1. The van der Waals surface area contributed by atoms with Crippen molar-refractivity contribution in [3.63, 3.8) is 0 Å². The second kappa shape index (κ2) is 5.27. The van der Waals surface area contributed by atoms with Crippen molar-refractivity contribution in [1.29, 1.82) is 0 Å². The van der Waals surface area contributed by atoms with Gasteiger partial charge in [0, 0.05) is 6.54 Å². The highest BCUT2D eigenvalue weighted by atomic mass is 35.5. The maximum Gasteiger partial charge on any atom is 0.231 e. The second-order valence-corrected chi connectivity index (χ2v) is 4.33. The van der Waals surface area contributed by atoms with Crippen molar-refractivity contribution in [3.8, 4) is 0 Å². The smallest absolute Gasteiger partial charge is 0.231 e. The molecule has 4 nitrogen and oxygen atoms in total. The maximum atomic E-state index is 11.9. The van der Waals surface area contributed by atoms with Gasteiger partial charge in [-0.3, -0.25) is 4.79 Å². The molecule has 0 aliphatic carbocycles. The number of rotatable bonds is 4. The molecule has 1 atom stereocenters. The first-order valence-corrected chi connectivity index (χ1v) is 5.52. The van der Waals surface area contributed by atoms with E-state index in [2.05, 4.69) is 10.3 Å². The summed E-state index contributed by atoms with van der Waals surface area (Å²) in [5, 5.41) is 3.17. The largest absolute Gasteiger partial charge is 0.329 e. The Labute approximate surface area is 100 Å². The van der Waals surface area contributed by atoms with Crippen LogP contribution in [-0.4, -0.2) is 17.4 Å². The summed E-state index contributed by atoms with van der Waals surface area (Å²) in [5.41, 5.74) is 5.68. The molecule has 3 N–H and O–H groups in total. The summed E-state index contributed by atoms with van der Waals surface area (Å²) < 4.78 is 0. The van der Waals surface area contributed by atoms with Crippen LogP contribution in [0.2, 0.25) is 5.15 Å². The highest BCUT2D eigenvalue weighted by molar-refractivity contribution is 6.29. The summed E-state index contributed by atoms with van der Waals surface area (Å²) in [6.45, 7) is 4.09. The van der Waals surface area contributed by atoms with Crippen LogP contribution in [0.15, 0.2) is 18.3 Å². The number of nitrogens with one attached hydrogen (secondary N) is 1. The van der Waals surface area contributed by atoms with Crippen LogP contribution >= 0.6 is 11.6 Å². The molecule has 0 bridgehead atoms. The van der Waals surface area contributed by atoms with Gasteiger partial charge in [0.15, 0.2) is 0 Å². The first-order valence-electron chi connectivity index (χ1n) is 5.15. The van der Waals surface area contributed by atoms with Gasteiger partial charge in [-0.1, -0.05) is 18.5 Å². The lowest BCUT2D eigenvalue weighted by Crippen LogP contribution is -2.39. The molecule has 1 aromatic heterocycles. The van der Waals surface area contributed by atoms with Crippen LogP contribution in [0.25, 0.3) is 0 Å². The van der Waals surface area contributed by atoms with Gasteiger partial charge in [0.2, 0.25) is 5.91 Å². The third kappa shape index (κ3) is 2.93. The number of halogens is 1. The van der Waals surface area contributed by atoms with E-state index in [-0.39, 0.29) is 5.91 Å². The minimum absolute atomic E-state index is 0.0957. The predicted molar refractivity (Wildman–Crippen MR) is 65.3 cm³/mol. The Morgan fingerprint density at radius 1 is 1.62 bits per heavy atom. The topological polar surface area (TPSA) is 68.0 Å². The summed E-state index contributed by atoms with van der Waals surface area (Å²) in [6, 6.07) is 3.34.